The molecule has 1 aromatic carbocycles. The van der Waals surface area contributed by atoms with Gasteiger partial charge in [-0.25, -0.2) is 0 Å². The van der Waals surface area contributed by atoms with Crippen molar-refractivity contribution in [1.29, 1.82) is 0 Å². The van der Waals surface area contributed by atoms with Gasteiger partial charge in [-0.3, -0.25) is 0 Å². The van der Waals surface area contributed by atoms with E-state index in [2.05, 4.69) is 33.9 Å². The highest BCUT2D eigenvalue weighted by Gasteiger charge is 2.16. The highest BCUT2D eigenvalue weighted by atomic mass is 79.9. The van der Waals surface area contributed by atoms with Crippen molar-refractivity contribution >= 4 is 27.3 Å². The topological polar surface area (TPSA) is 29.3 Å². The lowest BCUT2D eigenvalue weighted by atomic mass is 10.0. The first-order valence-corrected chi connectivity index (χ1v) is 5.27. The number of aryl methyl sites for hydroxylation is 1. The summed E-state index contributed by atoms with van der Waals surface area (Å²) in [7, 11) is 2.10. The first kappa shape index (κ1) is 8.88. The summed E-state index contributed by atoms with van der Waals surface area (Å²) < 4.78 is 1.08. The quantitative estimate of drug-likeness (QED) is 0.707. The molecule has 1 aromatic rings. The third kappa shape index (κ3) is 1.53. The van der Waals surface area contributed by atoms with Crippen LogP contribution in [0.25, 0.3) is 0 Å². The smallest absolute Gasteiger partial charge is 0.0630 e. The Kier molecular flexibility index (Phi) is 2.20. The lowest BCUT2D eigenvalue weighted by Gasteiger charge is -2.29. The van der Waals surface area contributed by atoms with Crippen LogP contribution in [0.1, 0.15) is 12.0 Å². The number of fused-ring (bicyclic) bond motifs is 1. The van der Waals surface area contributed by atoms with Gasteiger partial charge in [0.2, 0.25) is 0 Å². The minimum absolute atomic E-state index is 0.881. The van der Waals surface area contributed by atoms with Crippen LogP contribution < -0.4 is 10.6 Å². The molecule has 13 heavy (non-hydrogen) atoms. The minimum atomic E-state index is 0.881. The van der Waals surface area contributed by atoms with Crippen molar-refractivity contribution in [3.05, 3.63) is 22.2 Å². The second-order valence-corrected chi connectivity index (χ2v) is 4.44. The second kappa shape index (κ2) is 3.22. The van der Waals surface area contributed by atoms with Crippen LogP contribution in [-0.2, 0) is 6.42 Å². The van der Waals surface area contributed by atoms with E-state index in [9.17, 15) is 0 Å². The average molecular weight is 241 g/mol. The maximum atomic E-state index is 5.96. The predicted octanol–water partition coefficient (Wildman–Crippen LogP) is 2.41. The van der Waals surface area contributed by atoms with Crippen LogP contribution in [0, 0.1) is 0 Å². The number of nitrogens with zero attached hydrogens (tertiary/aromatic N) is 1. The van der Waals surface area contributed by atoms with E-state index in [0.29, 0.717) is 0 Å². The lowest BCUT2D eigenvalue weighted by Crippen LogP contribution is -2.25. The first-order chi connectivity index (χ1) is 6.18. The van der Waals surface area contributed by atoms with Crippen molar-refractivity contribution in [2.45, 2.75) is 12.8 Å². The molecule has 0 fully saturated rings. The van der Waals surface area contributed by atoms with Crippen molar-refractivity contribution in [3.8, 4) is 0 Å². The molecule has 1 heterocycles. The van der Waals surface area contributed by atoms with Gasteiger partial charge < -0.3 is 10.6 Å². The molecule has 0 aromatic heterocycles. The second-order valence-electron chi connectivity index (χ2n) is 3.53. The average Bonchev–Trinajstić information content (AvgIpc) is 2.02. The molecule has 2 nitrogen and oxygen atoms in total. The molecule has 0 bridgehead atoms. The maximum absolute atomic E-state index is 5.96. The fourth-order valence-corrected chi connectivity index (χ4v) is 2.48. The van der Waals surface area contributed by atoms with Gasteiger partial charge in [-0.15, -0.1) is 0 Å². The summed E-state index contributed by atoms with van der Waals surface area (Å²) in [5, 5.41) is 0. The Morgan fingerprint density at radius 3 is 3.00 bits per heavy atom. The molecule has 3 heteroatoms. The third-order valence-corrected chi connectivity index (χ3v) is 2.96. The Balaban J connectivity index is 2.56. The number of hydrogen-bond acceptors (Lipinski definition) is 2. The van der Waals surface area contributed by atoms with Gasteiger partial charge >= 0.3 is 0 Å². The molecule has 0 spiro atoms. The summed E-state index contributed by atoms with van der Waals surface area (Å²) in [5.41, 5.74) is 9.42. The van der Waals surface area contributed by atoms with E-state index < -0.39 is 0 Å². The van der Waals surface area contributed by atoms with Crippen molar-refractivity contribution in [2.24, 2.45) is 0 Å². The van der Waals surface area contributed by atoms with Crippen molar-refractivity contribution in [2.75, 3.05) is 24.2 Å². The molecule has 0 atom stereocenters. The SMILES string of the molecule is CN1CCCc2cc(Br)cc(N)c21. The number of hydrogen-bond donors (Lipinski definition) is 1. The number of rotatable bonds is 0. The summed E-state index contributed by atoms with van der Waals surface area (Å²) in [6.07, 6.45) is 2.36. The van der Waals surface area contributed by atoms with Crippen molar-refractivity contribution in [1.82, 2.24) is 0 Å². The monoisotopic (exact) mass is 240 g/mol. The minimum Gasteiger partial charge on any atom is -0.397 e. The highest BCUT2D eigenvalue weighted by molar-refractivity contribution is 9.10. The summed E-state index contributed by atoms with van der Waals surface area (Å²) in [4.78, 5) is 2.24. The number of nitrogens with two attached hydrogens (primary N) is 1. The molecule has 0 saturated heterocycles. The summed E-state index contributed by atoms with van der Waals surface area (Å²) in [6, 6.07) is 4.14. The zero-order valence-corrected chi connectivity index (χ0v) is 9.26. The Morgan fingerprint density at radius 1 is 1.46 bits per heavy atom. The molecular formula is C10H13BrN2. The molecule has 0 aliphatic carbocycles. The Labute approximate surface area is 86.9 Å². The number of benzene rings is 1. The van der Waals surface area contributed by atoms with Crippen molar-refractivity contribution < 1.29 is 0 Å². The van der Waals surface area contributed by atoms with Crippen LogP contribution in [0.4, 0.5) is 11.4 Å². The van der Waals surface area contributed by atoms with Crippen LogP contribution in [-0.4, -0.2) is 13.6 Å². The van der Waals surface area contributed by atoms with Crippen LogP contribution in [0.2, 0.25) is 0 Å². The Hall–Kier alpha value is -0.700. The standard InChI is InChI=1S/C10H13BrN2/c1-13-4-2-3-7-5-8(11)6-9(12)10(7)13/h5-6H,2-4,12H2,1H3. The van der Waals surface area contributed by atoms with Gasteiger partial charge in [-0.05, 0) is 30.5 Å². The van der Waals surface area contributed by atoms with E-state index >= 15 is 0 Å². The Bertz CT molecular complexity index is 336. The van der Waals surface area contributed by atoms with E-state index in [1.54, 1.807) is 0 Å². The zero-order chi connectivity index (χ0) is 9.42. The third-order valence-electron chi connectivity index (χ3n) is 2.50. The van der Waals surface area contributed by atoms with Gasteiger partial charge in [0.1, 0.15) is 0 Å². The molecule has 0 unspecified atom stereocenters. The molecule has 2 rings (SSSR count). The fourth-order valence-electron chi connectivity index (χ4n) is 1.95. The number of halogens is 1. The van der Waals surface area contributed by atoms with E-state index in [-0.39, 0.29) is 0 Å². The maximum Gasteiger partial charge on any atom is 0.0630 e. The normalized spacial score (nSPS) is 15.7. The molecule has 0 radical (unpaired) electrons. The molecular weight excluding hydrogens is 228 g/mol. The van der Waals surface area contributed by atoms with E-state index in [0.717, 1.165) is 23.1 Å². The molecule has 70 valence electrons. The van der Waals surface area contributed by atoms with E-state index in [4.69, 9.17) is 5.73 Å². The fraction of sp³-hybridized carbons (Fsp3) is 0.400. The molecule has 1 aliphatic rings. The molecule has 0 saturated carbocycles. The highest BCUT2D eigenvalue weighted by Crippen LogP contribution is 2.34. The Morgan fingerprint density at radius 2 is 2.23 bits per heavy atom. The lowest BCUT2D eigenvalue weighted by molar-refractivity contribution is 0.745. The first-order valence-electron chi connectivity index (χ1n) is 4.47. The van der Waals surface area contributed by atoms with Crippen LogP contribution in [0.15, 0.2) is 16.6 Å². The number of anilines is 2. The molecule has 0 amide bonds. The van der Waals surface area contributed by atoms with Gasteiger partial charge in [-0.2, -0.15) is 0 Å². The van der Waals surface area contributed by atoms with Gasteiger partial charge in [0.25, 0.3) is 0 Å². The van der Waals surface area contributed by atoms with Crippen molar-refractivity contribution in [3.63, 3.8) is 0 Å². The zero-order valence-electron chi connectivity index (χ0n) is 7.68. The summed E-state index contributed by atoms with van der Waals surface area (Å²) in [6.45, 7) is 1.11. The molecule has 2 N–H and O–H groups in total. The van der Waals surface area contributed by atoms with Gasteiger partial charge in [0, 0.05) is 18.1 Å². The van der Waals surface area contributed by atoms with Crippen LogP contribution in [0.3, 0.4) is 0 Å². The largest absolute Gasteiger partial charge is 0.397 e. The van der Waals surface area contributed by atoms with Gasteiger partial charge in [0.15, 0.2) is 0 Å². The van der Waals surface area contributed by atoms with Gasteiger partial charge in [0.05, 0.1) is 11.4 Å². The van der Waals surface area contributed by atoms with E-state index in [1.165, 1.54) is 17.7 Å². The summed E-state index contributed by atoms with van der Waals surface area (Å²) in [5.74, 6) is 0. The van der Waals surface area contributed by atoms with E-state index in [1.807, 2.05) is 6.07 Å². The van der Waals surface area contributed by atoms with Gasteiger partial charge in [-0.1, -0.05) is 15.9 Å². The number of nitrogen functional groups attached to an aromatic ring is 1. The van der Waals surface area contributed by atoms with Crippen LogP contribution in [0.5, 0.6) is 0 Å². The summed E-state index contributed by atoms with van der Waals surface area (Å²) >= 11 is 3.46. The van der Waals surface area contributed by atoms with Crippen LogP contribution >= 0.6 is 15.9 Å². The predicted molar refractivity (Wildman–Crippen MR) is 60.1 cm³/mol. The molecule has 1 aliphatic heterocycles.